The Labute approximate surface area is 110 Å². The van der Waals surface area contributed by atoms with E-state index in [2.05, 4.69) is 5.32 Å². The van der Waals surface area contributed by atoms with E-state index in [0.717, 1.165) is 37.8 Å². The first kappa shape index (κ1) is 13.6. The van der Waals surface area contributed by atoms with Crippen LogP contribution < -0.4 is 5.32 Å². The standard InChI is InChI=1S/C13H16ClF2NO/c1-18-10-4-2-3-9(7-10)17-13-11(14)5-8(15)6-12(13)16/h5-6,9-10,17H,2-4,7H2,1H3. The minimum atomic E-state index is -0.665. The molecule has 1 aromatic rings. The van der Waals surface area contributed by atoms with Crippen molar-refractivity contribution in [2.75, 3.05) is 12.4 Å². The second kappa shape index (κ2) is 5.85. The Balaban J connectivity index is 2.09. The zero-order chi connectivity index (χ0) is 13.1. The van der Waals surface area contributed by atoms with Crippen molar-refractivity contribution in [2.24, 2.45) is 0 Å². The Kier molecular flexibility index (Phi) is 4.40. The number of benzene rings is 1. The number of ether oxygens (including phenoxy) is 1. The number of hydrogen-bond donors (Lipinski definition) is 1. The highest BCUT2D eigenvalue weighted by atomic mass is 35.5. The molecule has 1 fully saturated rings. The fourth-order valence-electron chi connectivity index (χ4n) is 2.37. The second-order valence-electron chi connectivity index (χ2n) is 4.61. The van der Waals surface area contributed by atoms with Crippen LogP contribution in [-0.2, 0) is 4.74 Å². The van der Waals surface area contributed by atoms with Gasteiger partial charge in [0, 0.05) is 19.2 Å². The molecule has 0 spiro atoms. The van der Waals surface area contributed by atoms with Crippen molar-refractivity contribution < 1.29 is 13.5 Å². The third-order valence-corrected chi connectivity index (χ3v) is 3.61. The summed E-state index contributed by atoms with van der Waals surface area (Å²) in [7, 11) is 1.68. The van der Waals surface area contributed by atoms with Gasteiger partial charge in [0.2, 0.25) is 0 Å². The summed E-state index contributed by atoms with van der Waals surface area (Å²) in [6, 6.07) is 2.07. The van der Waals surface area contributed by atoms with E-state index in [1.165, 1.54) is 0 Å². The molecule has 0 heterocycles. The van der Waals surface area contributed by atoms with Crippen molar-refractivity contribution in [1.29, 1.82) is 0 Å². The third kappa shape index (κ3) is 3.12. The van der Waals surface area contributed by atoms with Crippen molar-refractivity contribution in [3.63, 3.8) is 0 Å². The van der Waals surface area contributed by atoms with Crippen LogP contribution in [0.2, 0.25) is 5.02 Å². The van der Waals surface area contributed by atoms with Crippen LogP contribution in [0.25, 0.3) is 0 Å². The van der Waals surface area contributed by atoms with Crippen LogP contribution in [0.15, 0.2) is 12.1 Å². The van der Waals surface area contributed by atoms with Gasteiger partial charge < -0.3 is 10.1 Å². The molecule has 18 heavy (non-hydrogen) atoms. The van der Waals surface area contributed by atoms with Crippen LogP contribution in [0.5, 0.6) is 0 Å². The van der Waals surface area contributed by atoms with E-state index in [1.54, 1.807) is 7.11 Å². The Morgan fingerprint density at radius 3 is 2.78 bits per heavy atom. The third-order valence-electron chi connectivity index (χ3n) is 3.31. The molecule has 5 heteroatoms. The van der Waals surface area contributed by atoms with Crippen molar-refractivity contribution in [3.05, 3.63) is 28.8 Å². The second-order valence-corrected chi connectivity index (χ2v) is 5.02. The minimum absolute atomic E-state index is 0.0760. The van der Waals surface area contributed by atoms with Gasteiger partial charge in [0.1, 0.15) is 5.82 Å². The molecule has 1 aromatic carbocycles. The first-order chi connectivity index (χ1) is 8.60. The van der Waals surface area contributed by atoms with Gasteiger partial charge in [-0.1, -0.05) is 11.6 Å². The lowest BCUT2D eigenvalue weighted by Crippen LogP contribution is -2.31. The molecule has 0 radical (unpaired) electrons. The molecule has 2 nitrogen and oxygen atoms in total. The van der Waals surface area contributed by atoms with E-state index >= 15 is 0 Å². The quantitative estimate of drug-likeness (QED) is 0.901. The number of rotatable bonds is 3. The minimum Gasteiger partial charge on any atom is -0.381 e. The normalized spacial score (nSPS) is 24.0. The average molecular weight is 276 g/mol. The van der Waals surface area contributed by atoms with E-state index in [0.29, 0.717) is 0 Å². The number of methoxy groups -OCH3 is 1. The lowest BCUT2D eigenvalue weighted by molar-refractivity contribution is 0.0669. The lowest BCUT2D eigenvalue weighted by Gasteiger charge is -2.29. The monoisotopic (exact) mass is 275 g/mol. The van der Waals surface area contributed by atoms with E-state index in [4.69, 9.17) is 16.3 Å². The number of hydrogen-bond acceptors (Lipinski definition) is 2. The Morgan fingerprint density at radius 1 is 1.33 bits per heavy atom. The van der Waals surface area contributed by atoms with Gasteiger partial charge in [-0.25, -0.2) is 8.78 Å². The van der Waals surface area contributed by atoms with Crippen LogP contribution in [0.1, 0.15) is 25.7 Å². The molecule has 2 atom stereocenters. The predicted octanol–water partition coefficient (Wildman–Crippen LogP) is 3.99. The molecule has 1 aliphatic carbocycles. The fourth-order valence-corrected chi connectivity index (χ4v) is 2.62. The van der Waals surface area contributed by atoms with Crippen LogP contribution in [0.4, 0.5) is 14.5 Å². The van der Waals surface area contributed by atoms with Gasteiger partial charge in [-0.3, -0.25) is 0 Å². The van der Waals surface area contributed by atoms with Crippen LogP contribution in [0.3, 0.4) is 0 Å². The molecule has 0 aromatic heterocycles. The number of nitrogens with one attached hydrogen (secondary N) is 1. The molecule has 0 amide bonds. The van der Waals surface area contributed by atoms with Crippen molar-refractivity contribution in [3.8, 4) is 0 Å². The average Bonchev–Trinajstić information content (AvgIpc) is 2.34. The van der Waals surface area contributed by atoms with E-state index < -0.39 is 11.6 Å². The van der Waals surface area contributed by atoms with Crippen LogP contribution >= 0.6 is 11.6 Å². The molecule has 0 saturated heterocycles. The van der Waals surface area contributed by atoms with Gasteiger partial charge in [-0.05, 0) is 31.7 Å². The summed E-state index contributed by atoms with van der Waals surface area (Å²) in [4.78, 5) is 0. The first-order valence-electron chi connectivity index (χ1n) is 6.04. The van der Waals surface area contributed by atoms with Gasteiger partial charge in [0.25, 0.3) is 0 Å². The Bertz CT molecular complexity index is 404. The van der Waals surface area contributed by atoms with Crippen molar-refractivity contribution in [1.82, 2.24) is 0 Å². The fraction of sp³-hybridized carbons (Fsp3) is 0.538. The molecule has 2 unspecified atom stereocenters. The molecule has 0 aliphatic heterocycles. The van der Waals surface area contributed by atoms with Gasteiger partial charge in [-0.15, -0.1) is 0 Å². The van der Waals surface area contributed by atoms with Gasteiger partial charge in [0.05, 0.1) is 16.8 Å². The van der Waals surface area contributed by atoms with Gasteiger partial charge in [-0.2, -0.15) is 0 Å². The summed E-state index contributed by atoms with van der Waals surface area (Å²) < 4.78 is 31.9. The number of anilines is 1. The molecule has 1 saturated carbocycles. The number of halogens is 3. The Hall–Kier alpha value is -0.870. The summed E-state index contributed by atoms with van der Waals surface area (Å²) in [5.41, 5.74) is 0.180. The molecule has 1 N–H and O–H groups in total. The maximum Gasteiger partial charge on any atom is 0.150 e. The predicted molar refractivity (Wildman–Crippen MR) is 68.0 cm³/mol. The van der Waals surface area contributed by atoms with Crippen molar-refractivity contribution >= 4 is 17.3 Å². The summed E-state index contributed by atoms with van der Waals surface area (Å²) in [5, 5.41) is 3.13. The largest absolute Gasteiger partial charge is 0.381 e. The topological polar surface area (TPSA) is 21.3 Å². The smallest absolute Gasteiger partial charge is 0.150 e. The molecule has 2 rings (SSSR count). The molecule has 100 valence electrons. The zero-order valence-corrected chi connectivity index (χ0v) is 10.9. The van der Waals surface area contributed by atoms with Crippen molar-refractivity contribution in [2.45, 2.75) is 37.8 Å². The summed E-state index contributed by atoms with van der Waals surface area (Å²) in [6.07, 6.45) is 3.99. The van der Waals surface area contributed by atoms with Crippen LogP contribution in [0, 0.1) is 11.6 Å². The summed E-state index contributed by atoms with van der Waals surface area (Å²) >= 11 is 5.85. The first-order valence-corrected chi connectivity index (χ1v) is 6.42. The maximum atomic E-state index is 13.6. The van der Waals surface area contributed by atoms with E-state index in [1.807, 2.05) is 0 Å². The highest BCUT2D eigenvalue weighted by Crippen LogP contribution is 2.30. The SMILES string of the molecule is COC1CCCC(Nc2c(F)cc(F)cc2Cl)C1. The highest BCUT2D eigenvalue weighted by Gasteiger charge is 2.23. The van der Waals surface area contributed by atoms with E-state index in [9.17, 15) is 8.78 Å². The Morgan fingerprint density at radius 2 is 2.11 bits per heavy atom. The van der Waals surface area contributed by atoms with Gasteiger partial charge in [0.15, 0.2) is 5.82 Å². The molecule has 1 aliphatic rings. The summed E-state index contributed by atoms with van der Waals surface area (Å²) in [5.74, 6) is -1.32. The summed E-state index contributed by atoms with van der Waals surface area (Å²) in [6.45, 7) is 0. The van der Waals surface area contributed by atoms with E-state index in [-0.39, 0.29) is 22.9 Å². The molecule has 0 bridgehead atoms. The van der Waals surface area contributed by atoms with Crippen LogP contribution in [-0.4, -0.2) is 19.3 Å². The van der Waals surface area contributed by atoms with Gasteiger partial charge >= 0.3 is 0 Å². The maximum absolute atomic E-state index is 13.6. The molecular formula is C13H16ClF2NO. The highest BCUT2D eigenvalue weighted by molar-refractivity contribution is 6.33. The lowest BCUT2D eigenvalue weighted by atomic mass is 9.92. The zero-order valence-electron chi connectivity index (χ0n) is 10.2. The molecular weight excluding hydrogens is 260 g/mol.